The molecule has 0 atom stereocenters. The Bertz CT molecular complexity index is 290. The first-order valence-electron chi connectivity index (χ1n) is 4.51. The molecule has 3 heteroatoms. The van der Waals surface area contributed by atoms with Crippen molar-refractivity contribution in [3.05, 3.63) is 30.3 Å². The Morgan fingerprint density at radius 2 is 1.79 bits per heavy atom. The Kier molecular flexibility index (Phi) is 3.12. The van der Waals surface area contributed by atoms with Gasteiger partial charge in [-0.1, -0.05) is 18.2 Å². The Morgan fingerprint density at radius 3 is 2.21 bits per heavy atom. The molecule has 76 valence electrons. The first kappa shape index (κ1) is 10.6. The minimum atomic E-state index is -0.248. The van der Waals surface area contributed by atoms with Crippen LogP contribution in [0, 0.1) is 0 Å². The van der Waals surface area contributed by atoms with Gasteiger partial charge >= 0.3 is 6.47 Å². The van der Waals surface area contributed by atoms with Crippen molar-refractivity contribution in [3.63, 3.8) is 0 Å². The first-order valence-corrected chi connectivity index (χ1v) is 4.51. The highest BCUT2D eigenvalue weighted by Crippen LogP contribution is 2.22. The Labute approximate surface area is 84.2 Å². The molecule has 0 fully saturated rings. The van der Waals surface area contributed by atoms with E-state index in [4.69, 9.17) is 4.84 Å². The number of benzene rings is 1. The van der Waals surface area contributed by atoms with Crippen LogP contribution in [-0.2, 0) is 9.63 Å². The van der Waals surface area contributed by atoms with Crippen molar-refractivity contribution in [3.8, 4) is 0 Å². The topological polar surface area (TPSA) is 29.5 Å². The van der Waals surface area contributed by atoms with E-state index in [1.807, 2.05) is 51.1 Å². The van der Waals surface area contributed by atoms with Crippen molar-refractivity contribution in [1.29, 1.82) is 0 Å². The molecule has 0 saturated carbocycles. The number of nitrogens with zero attached hydrogens (tertiary/aromatic N) is 1. The molecule has 0 radical (unpaired) electrons. The molecular weight excluding hydrogens is 178 g/mol. The van der Waals surface area contributed by atoms with Crippen molar-refractivity contribution in [2.45, 2.75) is 26.3 Å². The average Bonchev–Trinajstić information content (AvgIpc) is 2.14. The molecule has 0 amide bonds. The molecule has 0 aromatic heterocycles. The van der Waals surface area contributed by atoms with Gasteiger partial charge in [-0.05, 0) is 32.9 Å². The van der Waals surface area contributed by atoms with Gasteiger partial charge < -0.3 is 4.84 Å². The number of hydrogen-bond donors (Lipinski definition) is 0. The third-order valence-electron chi connectivity index (χ3n) is 1.75. The lowest BCUT2D eigenvalue weighted by Crippen LogP contribution is -2.41. The summed E-state index contributed by atoms with van der Waals surface area (Å²) in [6, 6.07) is 9.53. The second-order valence-corrected chi connectivity index (χ2v) is 4.00. The van der Waals surface area contributed by atoms with Gasteiger partial charge in [-0.2, -0.15) is 0 Å². The monoisotopic (exact) mass is 193 g/mol. The molecule has 14 heavy (non-hydrogen) atoms. The van der Waals surface area contributed by atoms with E-state index in [2.05, 4.69) is 0 Å². The van der Waals surface area contributed by atoms with Crippen molar-refractivity contribution >= 4 is 12.2 Å². The fourth-order valence-corrected chi connectivity index (χ4v) is 1.21. The van der Waals surface area contributed by atoms with E-state index in [-0.39, 0.29) is 5.54 Å². The van der Waals surface area contributed by atoms with E-state index in [9.17, 15) is 4.79 Å². The van der Waals surface area contributed by atoms with Crippen LogP contribution in [0.5, 0.6) is 0 Å². The van der Waals surface area contributed by atoms with Gasteiger partial charge in [-0.3, -0.25) is 4.79 Å². The lowest BCUT2D eigenvalue weighted by molar-refractivity contribution is -0.132. The summed E-state index contributed by atoms with van der Waals surface area (Å²) in [6.07, 6.45) is 0. The quantitative estimate of drug-likeness (QED) is 0.545. The van der Waals surface area contributed by atoms with Crippen LogP contribution in [0.2, 0.25) is 0 Å². The molecule has 1 aromatic rings. The molecule has 3 nitrogen and oxygen atoms in total. The van der Waals surface area contributed by atoms with Crippen molar-refractivity contribution < 1.29 is 9.63 Å². The normalized spacial score (nSPS) is 10.8. The molecule has 0 unspecified atom stereocenters. The van der Waals surface area contributed by atoms with Crippen LogP contribution in [0.3, 0.4) is 0 Å². The van der Waals surface area contributed by atoms with Crippen LogP contribution in [0.15, 0.2) is 30.3 Å². The van der Waals surface area contributed by atoms with Crippen LogP contribution in [-0.4, -0.2) is 12.0 Å². The van der Waals surface area contributed by atoms with E-state index in [1.165, 1.54) is 0 Å². The molecule has 0 aliphatic heterocycles. The Morgan fingerprint density at radius 1 is 1.21 bits per heavy atom. The number of anilines is 1. The largest absolute Gasteiger partial charge is 0.344 e. The molecule has 0 saturated heterocycles. The maximum Gasteiger partial charge on any atom is 0.320 e. The molecule has 0 aliphatic rings. The van der Waals surface area contributed by atoms with E-state index < -0.39 is 0 Å². The third-order valence-corrected chi connectivity index (χ3v) is 1.75. The lowest BCUT2D eigenvalue weighted by atomic mass is 10.1. The number of hydroxylamine groups is 1. The highest BCUT2D eigenvalue weighted by molar-refractivity contribution is 5.50. The molecule has 0 spiro atoms. The van der Waals surface area contributed by atoms with Crippen LogP contribution >= 0.6 is 0 Å². The van der Waals surface area contributed by atoms with Crippen molar-refractivity contribution in [2.24, 2.45) is 0 Å². The van der Waals surface area contributed by atoms with E-state index in [0.717, 1.165) is 5.69 Å². The van der Waals surface area contributed by atoms with E-state index in [0.29, 0.717) is 6.47 Å². The van der Waals surface area contributed by atoms with Crippen LogP contribution < -0.4 is 5.06 Å². The molecule has 0 heterocycles. The minimum absolute atomic E-state index is 0.248. The predicted molar refractivity (Wildman–Crippen MR) is 55.8 cm³/mol. The van der Waals surface area contributed by atoms with Gasteiger partial charge in [0.2, 0.25) is 0 Å². The highest BCUT2D eigenvalue weighted by atomic mass is 16.7. The van der Waals surface area contributed by atoms with Crippen LogP contribution in [0.25, 0.3) is 0 Å². The molecule has 1 rings (SSSR count). The standard InChI is InChI=1S/C11H15NO2/c1-11(2,3)12(14-9-13)10-7-5-4-6-8-10/h4-9H,1-3H3. The summed E-state index contributed by atoms with van der Waals surface area (Å²) >= 11 is 0. The Hall–Kier alpha value is -1.51. The predicted octanol–water partition coefficient (Wildman–Crippen LogP) is 2.38. The second kappa shape index (κ2) is 4.13. The average molecular weight is 193 g/mol. The van der Waals surface area contributed by atoms with Gasteiger partial charge in [0.25, 0.3) is 0 Å². The highest BCUT2D eigenvalue weighted by Gasteiger charge is 2.23. The van der Waals surface area contributed by atoms with Gasteiger partial charge in [0.15, 0.2) is 0 Å². The number of carbonyl (C=O) groups is 1. The molecule has 0 bridgehead atoms. The van der Waals surface area contributed by atoms with Crippen LogP contribution in [0.1, 0.15) is 20.8 Å². The zero-order valence-corrected chi connectivity index (χ0v) is 8.73. The maximum atomic E-state index is 10.4. The van der Waals surface area contributed by atoms with E-state index >= 15 is 0 Å². The zero-order valence-electron chi connectivity index (χ0n) is 8.73. The summed E-state index contributed by atoms with van der Waals surface area (Å²) in [5.74, 6) is 0. The molecule has 1 aromatic carbocycles. The van der Waals surface area contributed by atoms with Gasteiger partial charge in [-0.25, -0.2) is 5.06 Å². The molecule has 0 N–H and O–H groups in total. The third kappa shape index (κ3) is 2.49. The fourth-order valence-electron chi connectivity index (χ4n) is 1.21. The van der Waals surface area contributed by atoms with Crippen molar-refractivity contribution in [1.82, 2.24) is 0 Å². The number of rotatable bonds is 3. The van der Waals surface area contributed by atoms with Gasteiger partial charge in [0.05, 0.1) is 11.2 Å². The Balaban J connectivity index is 2.95. The van der Waals surface area contributed by atoms with E-state index in [1.54, 1.807) is 5.06 Å². The maximum absolute atomic E-state index is 10.4. The SMILES string of the molecule is CC(C)(C)N(OC=O)c1ccccc1. The molecular formula is C11H15NO2. The zero-order chi connectivity index (χ0) is 10.6. The van der Waals surface area contributed by atoms with Gasteiger partial charge in [0, 0.05) is 0 Å². The summed E-state index contributed by atoms with van der Waals surface area (Å²) in [5, 5.41) is 1.58. The number of para-hydroxylation sites is 1. The number of carbonyl (C=O) groups excluding carboxylic acids is 1. The second-order valence-electron chi connectivity index (χ2n) is 4.00. The lowest BCUT2D eigenvalue weighted by Gasteiger charge is -2.33. The van der Waals surface area contributed by atoms with Crippen LogP contribution in [0.4, 0.5) is 5.69 Å². The summed E-state index contributed by atoms with van der Waals surface area (Å²) in [4.78, 5) is 15.3. The summed E-state index contributed by atoms with van der Waals surface area (Å²) < 4.78 is 0. The minimum Gasteiger partial charge on any atom is -0.344 e. The summed E-state index contributed by atoms with van der Waals surface area (Å²) in [5.41, 5.74) is 0.620. The smallest absolute Gasteiger partial charge is 0.320 e. The first-order chi connectivity index (χ1) is 6.55. The fraction of sp³-hybridized carbons (Fsp3) is 0.364. The van der Waals surface area contributed by atoms with Crippen molar-refractivity contribution in [2.75, 3.05) is 5.06 Å². The molecule has 0 aliphatic carbocycles. The van der Waals surface area contributed by atoms with Gasteiger partial charge in [0.1, 0.15) is 0 Å². The summed E-state index contributed by atoms with van der Waals surface area (Å²) in [6.45, 7) is 6.37. The number of hydrogen-bond acceptors (Lipinski definition) is 3. The van der Waals surface area contributed by atoms with Gasteiger partial charge in [-0.15, -0.1) is 0 Å². The summed E-state index contributed by atoms with van der Waals surface area (Å²) in [7, 11) is 0.